The SMILES string of the molecule is CCC1(C(=O)N[C@@H](C)c2cccc(Br)c2)CCNCC1. The average Bonchev–Trinajstić information content (AvgIpc) is 2.47. The molecule has 0 unspecified atom stereocenters. The van der Waals surface area contributed by atoms with Crippen molar-refractivity contribution in [2.75, 3.05) is 13.1 Å². The average molecular weight is 339 g/mol. The van der Waals surface area contributed by atoms with E-state index in [0.29, 0.717) is 0 Å². The monoisotopic (exact) mass is 338 g/mol. The van der Waals surface area contributed by atoms with Gasteiger partial charge in [-0.3, -0.25) is 4.79 Å². The lowest BCUT2D eigenvalue weighted by molar-refractivity contribution is -0.133. The molecule has 110 valence electrons. The number of carbonyl (C=O) groups is 1. The fourth-order valence-corrected chi connectivity index (χ4v) is 3.27. The van der Waals surface area contributed by atoms with E-state index in [0.717, 1.165) is 42.4 Å². The molecule has 1 aliphatic heterocycles. The standard InChI is InChI=1S/C16H23BrN2O/c1-3-16(7-9-18-10-8-16)15(20)19-12(2)13-5-4-6-14(17)11-13/h4-6,11-12,18H,3,7-10H2,1-2H3,(H,19,20)/t12-/m0/s1. The van der Waals surface area contributed by atoms with Gasteiger partial charge in [-0.1, -0.05) is 35.0 Å². The van der Waals surface area contributed by atoms with Gasteiger partial charge in [0.25, 0.3) is 0 Å². The van der Waals surface area contributed by atoms with Crippen molar-refractivity contribution in [2.45, 2.75) is 39.2 Å². The van der Waals surface area contributed by atoms with Gasteiger partial charge in [0.05, 0.1) is 11.5 Å². The normalized spacial score (nSPS) is 19.4. The minimum Gasteiger partial charge on any atom is -0.349 e. The maximum atomic E-state index is 12.7. The van der Waals surface area contributed by atoms with Crippen LogP contribution in [0, 0.1) is 5.41 Å². The predicted octanol–water partition coefficient (Wildman–Crippen LogP) is 3.41. The molecule has 1 saturated heterocycles. The van der Waals surface area contributed by atoms with Crippen molar-refractivity contribution in [3.05, 3.63) is 34.3 Å². The molecule has 3 nitrogen and oxygen atoms in total. The molecule has 2 N–H and O–H groups in total. The van der Waals surface area contributed by atoms with Crippen LogP contribution in [-0.2, 0) is 4.79 Å². The summed E-state index contributed by atoms with van der Waals surface area (Å²) in [6.45, 7) is 6.04. The first-order valence-corrected chi connectivity index (χ1v) is 8.14. The van der Waals surface area contributed by atoms with Crippen LogP contribution in [0.15, 0.2) is 28.7 Å². The predicted molar refractivity (Wildman–Crippen MR) is 85.5 cm³/mol. The maximum absolute atomic E-state index is 12.7. The van der Waals surface area contributed by atoms with Crippen LogP contribution >= 0.6 is 15.9 Å². The molecule has 0 radical (unpaired) electrons. The number of nitrogens with one attached hydrogen (secondary N) is 2. The minimum absolute atomic E-state index is 0.0401. The number of carbonyl (C=O) groups excluding carboxylic acids is 1. The number of piperidine rings is 1. The molecule has 1 aliphatic rings. The van der Waals surface area contributed by atoms with Crippen molar-refractivity contribution in [1.82, 2.24) is 10.6 Å². The summed E-state index contributed by atoms with van der Waals surface area (Å²) in [4.78, 5) is 12.7. The molecule has 1 heterocycles. The Balaban J connectivity index is 2.06. The Hall–Kier alpha value is -0.870. The Morgan fingerprint density at radius 3 is 2.75 bits per heavy atom. The maximum Gasteiger partial charge on any atom is 0.226 e. The van der Waals surface area contributed by atoms with Crippen molar-refractivity contribution < 1.29 is 4.79 Å². The van der Waals surface area contributed by atoms with Crippen molar-refractivity contribution in [3.8, 4) is 0 Å². The van der Waals surface area contributed by atoms with E-state index in [4.69, 9.17) is 0 Å². The van der Waals surface area contributed by atoms with E-state index in [1.54, 1.807) is 0 Å². The Morgan fingerprint density at radius 2 is 2.15 bits per heavy atom. The summed E-state index contributed by atoms with van der Waals surface area (Å²) in [7, 11) is 0. The summed E-state index contributed by atoms with van der Waals surface area (Å²) >= 11 is 3.48. The van der Waals surface area contributed by atoms with E-state index in [1.165, 1.54) is 0 Å². The quantitative estimate of drug-likeness (QED) is 0.883. The van der Waals surface area contributed by atoms with Gasteiger partial charge in [-0.2, -0.15) is 0 Å². The van der Waals surface area contributed by atoms with Crippen LogP contribution in [0.5, 0.6) is 0 Å². The smallest absolute Gasteiger partial charge is 0.226 e. The van der Waals surface area contributed by atoms with Gasteiger partial charge in [-0.25, -0.2) is 0 Å². The molecule has 20 heavy (non-hydrogen) atoms. The fraction of sp³-hybridized carbons (Fsp3) is 0.562. The number of benzene rings is 1. The molecule has 0 saturated carbocycles. The molecule has 0 aliphatic carbocycles. The lowest BCUT2D eigenvalue weighted by Crippen LogP contribution is -2.47. The zero-order valence-corrected chi connectivity index (χ0v) is 13.8. The van der Waals surface area contributed by atoms with Crippen molar-refractivity contribution in [3.63, 3.8) is 0 Å². The Kier molecular flexibility index (Phi) is 5.22. The van der Waals surface area contributed by atoms with Gasteiger partial charge in [0.1, 0.15) is 0 Å². The molecule has 4 heteroatoms. The lowest BCUT2D eigenvalue weighted by Gasteiger charge is -2.36. The van der Waals surface area contributed by atoms with Gasteiger partial charge in [0, 0.05) is 4.47 Å². The first-order chi connectivity index (χ1) is 9.57. The molecule has 1 amide bonds. The highest BCUT2D eigenvalue weighted by molar-refractivity contribution is 9.10. The van der Waals surface area contributed by atoms with Crippen molar-refractivity contribution in [1.29, 1.82) is 0 Å². The van der Waals surface area contributed by atoms with Crippen LogP contribution in [0.25, 0.3) is 0 Å². The first-order valence-electron chi connectivity index (χ1n) is 7.34. The summed E-state index contributed by atoms with van der Waals surface area (Å²) in [5.41, 5.74) is 0.943. The summed E-state index contributed by atoms with van der Waals surface area (Å²) in [5.74, 6) is 0.203. The Morgan fingerprint density at radius 1 is 1.45 bits per heavy atom. The molecule has 1 atom stereocenters. The lowest BCUT2D eigenvalue weighted by atomic mass is 9.75. The van der Waals surface area contributed by atoms with Crippen molar-refractivity contribution in [2.24, 2.45) is 5.41 Å². The van der Waals surface area contributed by atoms with Gasteiger partial charge in [0.15, 0.2) is 0 Å². The molecule has 2 rings (SSSR count). The zero-order chi connectivity index (χ0) is 14.6. The van der Waals surface area contributed by atoms with Crippen LogP contribution in [0.1, 0.15) is 44.7 Å². The summed E-state index contributed by atoms with van der Waals surface area (Å²) in [6.07, 6.45) is 2.77. The third-order valence-corrected chi connectivity index (χ3v) is 4.91. The second-order valence-electron chi connectivity index (χ2n) is 5.63. The molecular formula is C16H23BrN2O. The van der Waals surface area contributed by atoms with Crippen molar-refractivity contribution >= 4 is 21.8 Å². The zero-order valence-electron chi connectivity index (χ0n) is 12.2. The number of rotatable bonds is 4. The number of hydrogen-bond donors (Lipinski definition) is 2. The van der Waals surface area contributed by atoms with Crippen LogP contribution in [0.2, 0.25) is 0 Å². The summed E-state index contributed by atoms with van der Waals surface area (Å²) in [5, 5.41) is 6.53. The van der Waals surface area contributed by atoms with Crippen LogP contribution in [0.4, 0.5) is 0 Å². The molecule has 1 fully saturated rings. The third kappa shape index (κ3) is 3.41. The molecule has 1 aromatic rings. The number of hydrogen-bond acceptors (Lipinski definition) is 2. The van der Waals surface area contributed by atoms with E-state index in [2.05, 4.69) is 45.6 Å². The second-order valence-corrected chi connectivity index (χ2v) is 6.55. The molecule has 0 aromatic heterocycles. The Bertz CT molecular complexity index is 469. The molecule has 0 spiro atoms. The highest BCUT2D eigenvalue weighted by atomic mass is 79.9. The summed E-state index contributed by atoms with van der Waals surface area (Å²) in [6, 6.07) is 8.15. The summed E-state index contributed by atoms with van der Waals surface area (Å²) < 4.78 is 1.04. The molecule has 0 bridgehead atoms. The first kappa shape index (κ1) is 15.5. The number of amides is 1. The van der Waals surface area contributed by atoms with E-state index in [9.17, 15) is 4.79 Å². The fourth-order valence-electron chi connectivity index (χ4n) is 2.86. The van der Waals surface area contributed by atoms with Gasteiger partial charge in [0.2, 0.25) is 5.91 Å². The Labute approximate surface area is 129 Å². The third-order valence-electron chi connectivity index (χ3n) is 4.42. The topological polar surface area (TPSA) is 41.1 Å². The largest absolute Gasteiger partial charge is 0.349 e. The van der Waals surface area contributed by atoms with E-state index >= 15 is 0 Å². The minimum atomic E-state index is -0.189. The van der Waals surface area contributed by atoms with Gasteiger partial charge in [-0.15, -0.1) is 0 Å². The van der Waals surface area contributed by atoms with E-state index < -0.39 is 0 Å². The highest BCUT2D eigenvalue weighted by Crippen LogP contribution is 2.33. The van der Waals surface area contributed by atoms with Gasteiger partial charge >= 0.3 is 0 Å². The van der Waals surface area contributed by atoms with E-state index in [1.807, 2.05) is 19.1 Å². The molecular weight excluding hydrogens is 316 g/mol. The molecule has 1 aromatic carbocycles. The van der Waals surface area contributed by atoms with Gasteiger partial charge in [-0.05, 0) is 57.0 Å². The highest BCUT2D eigenvalue weighted by Gasteiger charge is 2.38. The van der Waals surface area contributed by atoms with E-state index in [-0.39, 0.29) is 17.4 Å². The van der Waals surface area contributed by atoms with Crippen LogP contribution in [-0.4, -0.2) is 19.0 Å². The van der Waals surface area contributed by atoms with Gasteiger partial charge < -0.3 is 10.6 Å². The number of halogens is 1. The van der Waals surface area contributed by atoms with Crippen LogP contribution < -0.4 is 10.6 Å². The second kappa shape index (κ2) is 6.72. The van der Waals surface area contributed by atoms with Crippen LogP contribution in [0.3, 0.4) is 0 Å².